The third-order valence-electron chi connectivity index (χ3n) is 2.55. The number of aromatic nitrogens is 2. The predicted octanol–water partition coefficient (Wildman–Crippen LogP) is 0.416. The lowest BCUT2D eigenvalue weighted by Gasteiger charge is -2.25. The van der Waals surface area contributed by atoms with Gasteiger partial charge in [-0.25, -0.2) is 0 Å². The molecule has 1 heterocycles. The van der Waals surface area contributed by atoms with Crippen LogP contribution in [-0.2, 0) is 16.6 Å². The Hall–Kier alpha value is -2.05. The van der Waals surface area contributed by atoms with Crippen LogP contribution in [0.3, 0.4) is 0 Å². The van der Waals surface area contributed by atoms with E-state index in [4.69, 9.17) is 10.5 Å². The van der Waals surface area contributed by atoms with Crippen molar-refractivity contribution in [3.8, 4) is 0 Å². The number of carbonyl (C=O) groups excluding carboxylic acids is 2. The molecule has 0 aliphatic rings. The monoisotopic (exact) mass is 268 g/mol. The van der Waals surface area contributed by atoms with Gasteiger partial charge in [0.15, 0.2) is 5.69 Å². The van der Waals surface area contributed by atoms with Crippen molar-refractivity contribution in [3.63, 3.8) is 0 Å². The molecule has 106 valence electrons. The topological polar surface area (TPSA) is 90.5 Å². The number of ether oxygens (including phenoxy) is 1. The summed E-state index contributed by atoms with van der Waals surface area (Å²) < 4.78 is 6.32. The molecule has 0 spiro atoms. The van der Waals surface area contributed by atoms with Crippen molar-refractivity contribution >= 4 is 17.6 Å². The molecule has 0 aromatic carbocycles. The van der Waals surface area contributed by atoms with E-state index in [9.17, 15) is 9.59 Å². The first-order chi connectivity index (χ1) is 8.86. The summed E-state index contributed by atoms with van der Waals surface area (Å²) in [6.07, 6.45) is 1.55. The zero-order valence-corrected chi connectivity index (χ0v) is 11.7. The highest BCUT2D eigenvalue weighted by Crippen LogP contribution is 2.13. The molecule has 0 aliphatic heterocycles. The standard InChI is InChI=1S/C12H20N4O3/c1-5-19-10(17)7-16(8(2)3)12(18)11-9(13)6-15(4)14-11/h6,8H,5,7,13H2,1-4H3. The van der Waals surface area contributed by atoms with Gasteiger partial charge in [0.25, 0.3) is 5.91 Å². The summed E-state index contributed by atoms with van der Waals surface area (Å²) in [7, 11) is 1.68. The van der Waals surface area contributed by atoms with Gasteiger partial charge in [-0.2, -0.15) is 5.10 Å². The molecule has 0 atom stereocenters. The third-order valence-corrected chi connectivity index (χ3v) is 2.55. The molecule has 1 amide bonds. The molecule has 1 aromatic rings. The predicted molar refractivity (Wildman–Crippen MR) is 70.4 cm³/mol. The number of nitrogen functional groups attached to an aromatic ring is 1. The number of hydrogen-bond donors (Lipinski definition) is 1. The lowest BCUT2D eigenvalue weighted by Crippen LogP contribution is -2.41. The molecule has 2 N–H and O–H groups in total. The van der Waals surface area contributed by atoms with Gasteiger partial charge in [-0.05, 0) is 20.8 Å². The normalized spacial score (nSPS) is 10.6. The second kappa shape index (κ2) is 6.21. The Kier molecular flexibility index (Phi) is 4.91. The Morgan fingerprint density at radius 2 is 2.16 bits per heavy atom. The smallest absolute Gasteiger partial charge is 0.325 e. The number of nitrogens with two attached hydrogens (primary N) is 1. The van der Waals surface area contributed by atoms with Crippen molar-refractivity contribution in [1.29, 1.82) is 0 Å². The van der Waals surface area contributed by atoms with E-state index in [1.807, 2.05) is 13.8 Å². The minimum absolute atomic E-state index is 0.111. The largest absolute Gasteiger partial charge is 0.465 e. The second-order valence-corrected chi connectivity index (χ2v) is 4.44. The lowest BCUT2D eigenvalue weighted by molar-refractivity contribution is -0.144. The van der Waals surface area contributed by atoms with E-state index in [1.54, 1.807) is 20.2 Å². The van der Waals surface area contributed by atoms with E-state index in [0.717, 1.165) is 0 Å². The Morgan fingerprint density at radius 1 is 1.53 bits per heavy atom. The zero-order valence-electron chi connectivity index (χ0n) is 11.7. The average Bonchev–Trinajstić information content (AvgIpc) is 2.64. The maximum absolute atomic E-state index is 12.3. The lowest BCUT2D eigenvalue weighted by atomic mass is 10.2. The molecule has 0 saturated heterocycles. The van der Waals surface area contributed by atoms with E-state index in [0.29, 0.717) is 5.69 Å². The molecule has 7 nitrogen and oxygen atoms in total. The van der Waals surface area contributed by atoms with Crippen molar-refractivity contribution < 1.29 is 14.3 Å². The number of hydrogen-bond acceptors (Lipinski definition) is 5. The van der Waals surface area contributed by atoms with Gasteiger partial charge in [-0.15, -0.1) is 0 Å². The molecule has 1 aromatic heterocycles. The zero-order chi connectivity index (χ0) is 14.6. The number of aryl methyl sites for hydroxylation is 1. The summed E-state index contributed by atoms with van der Waals surface area (Å²) in [6, 6.07) is -0.154. The maximum Gasteiger partial charge on any atom is 0.325 e. The number of amides is 1. The highest BCUT2D eigenvalue weighted by molar-refractivity contribution is 5.98. The van der Waals surface area contributed by atoms with E-state index < -0.39 is 5.97 Å². The fourth-order valence-electron chi connectivity index (χ4n) is 1.64. The highest BCUT2D eigenvalue weighted by Gasteiger charge is 2.25. The van der Waals surface area contributed by atoms with Crippen LogP contribution in [0.5, 0.6) is 0 Å². The van der Waals surface area contributed by atoms with Crippen molar-refractivity contribution in [2.24, 2.45) is 7.05 Å². The van der Waals surface area contributed by atoms with Gasteiger partial charge < -0.3 is 15.4 Å². The average molecular weight is 268 g/mol. The minimum atomic E-state index is -0.445. The number of carbonyl (C=O) groups is 2. The minimum Gasteiger partial charge on any atom is -0.465 e. The molecule has 7 heteroatoms. The van der Waals surface area contributed by atoms with Crippen molar-refractivity contribution in [2.75, 3.05) is 18.9 Å². The number of rotatable bonds is 5. The summed E-state index contributed by atoms with van der Waals surface area (Å²) >= 11 is 0. The highest BCUT2D eigenvalue weighted by atomic mass is 16.5. The third kappa shape index (κ3) is 3.70. The number of esters is 1. The van der Waals surface area contributed by atoms with Gasteiger partial charge in [0.1, 0.15) is 6.54 Å². The summed E-state index contributed by atoms with van der Waals surface area (Å²) in [5, 5.41) is 4.02. The summed E-state index contributed by atoms with van der Waals surface area (Å²) in [4.78, 5) is 25.2. The van der Waals surface area contributed by atoms with E-state index in [1.165, 1.54) is 9.58 Å². The van der Waals surface area contributed by atoms with Crippen LogP contribution in [0.1, 0.15) is 31.3 Å². The SMILES string of the molecule is CCOC(=O)CN(C(=O)c1nn(C)cc1N)C(C)C. The van der Waals surface area contributed by atoms with Gasteiger partial charge >= 0.3 is 5.97 Å². The maximum atomic E-state index is 12.3. The fraction of sp³-hybridized carbons (Fsp3) is 0.583. The second-order valence-electron chi connectivity index (χ2n) is 4.44. The molecule has 0 fully saturated rings. The molecule has 0 radical (unpaired) electrons. The first-order valence-corrected chi connectivity index (χ1v) is 6.12. The van der Waals surface area contributed by atoms with Crippen LogP contribution in [0.4, 0.5) is 5.69 Å². The van der Waals surface area contributed by atoms with Gasteiger partial charge in [0.05, 0.1) is 12.3 Å². The Balaban J connectivity index is 2.90. The van der Waals surface area contributed by atoms with Crippen LogP contribution in [0.25, 0.3) is 0 Å². The first-order valence-electron chi connectivity index (χ1n) is 6.12. The van der Waals surface area contributed by atoms with Gasteiger partial charge in [-0.3, -0.25) is 14.3 Å². The van der Waals surface area contributed by atoms with Crippen molar-refractivity contribution in [1.82, 2.24) is 14.7 Å². The van der Waals surface area contributed by atoms with Crippen molar-refractivity contribution in [3.05, 3.63) is 11.9 Å². The molecule has 0 aliphatic carbocycles. The number of anilines is 1. The summed E-state index contributed by atoms with van der Waals surface area (Å²) in [6.45, 7) is 5.52. The fourth-order valence-corrected chi connectivity index (χ4v) is 1.64. The van der Waals surface area contributed by atoms with Crippen molar-refractivity contribution in [2.45, 2.75) is 26.8 Å². The molecule has 0 bridgehead atoms. The molecule has 0 unspecified atom stereocenters. The molecule has 0 saturated carbocycles. The molecule has 1 rings (SSSR count). The van der Waals surface area contributed by atoms with Crippen LogP contribution in [0, 0.1) is 0 Å². The Morgan fingerprint density at radius 3 is 2.58 bits per heavy atom. The van der Waals surface area contributed by atoms with Crippen LogP contribution in [0.2, 0.25) is 0 Å². The van der Waals surface area contributed by atoms with Gasteiger partial charge in [0, 0.05) is 19.3 Å². The molecular weight excluding hydrogens is 248 g/mol. The van der Waals surface area contributed by atoms with Crippen LogP contribution < -0.4 is 5.73 Å². The number of nitrogens with zero attached hydrogens (tertiary/aromatic N) is 3. The van der Waals surface area contributed by atoms with Gasteiger partial charge in [0.2, 0.25) is 0 Å². The van der Waals surface area contributed by atoms with E-state index >= 15 is 0 Å². The molecular formula is C12H20N4O3. The Labute approximate surface area is 112 Å². The van der Waals surface area contributed by atoms with Crippen LogP contribution in [0.15, 0.2) is 6.20 Å². The first kappa shape index (κ1) is 15.0. The summed E-state index contributed by atoms with van der Waals surface area (Å²) in [5.41, 5.74) is 6.17. The van der Waals surface area contributed by atoms with E-state index in [2.05, 4.69) is 5.10 Å². The van der Waals surface area contributed by atoms with Crippen LogP contribution >= 0.6 is 0 Å². The van der Waals surface area contributed by atoms with Crippen LogP contribution in [-0.4, -0.2) is 45.8 Å². The molecule has 19 heavy (non-hydrogen) atoms. The summed E-state index contributed by atoms with van der Waals surface area (Å²) in [5.74, 6) is -0.819. The van der Waals surface area contributed by atoms with E-state index in [-0.39, 0.29) is 30.8 Å². The quantitative estimate of drug-likeness (QED) is 0.781. The Bertz CT molecular complexity index is 468. The van der Waals surface area contributed by atoms with Gasteiger partial charge in [-0.1, -0.05) is 0 Å².